The zero-order valence-electron chi connectivity index (χ0n) is 9.10. The van der Waals surface area contributed by atoms with Crippen LogP contribution < -0.4 is 5.32 Å². The van der Waals surface area contributed by atoms with Gasteiger partial charge in [-0.25, -0.2) is 0 Å². The van der Waals surface area contributed by atoms with Crippen molar-refractivity contribution in [1.82, 2.24) is 5.32 Å². The fraction of sp³-hybridized carbons (Fsp3) is 1.00. The molecule has 0 heterocycles. The Labute approximate surface area is 81.5 Å². The van der Waals surface area contributed by atoms with Gasteiger partial charge in [0.05, 0.1) is 18.8 Å². The first-order valence-electron chi connectivity index (χ1n) is 5.12. The molecule has 0 spiro atoms. The lowest BCUT2D eigenvalue weighted by molar-refractivity contribution is 0.0441. The molecule has 0 rings (SSSR count). The molecule has 0 saturated heterocycles. The minimum atomic E-state index is -0.275. The van der Waals surface area contributed by atoms with Crippen molar-refractivity contribution in [3.63, 3.8) is 0 Å². The van der Waals surface area contributed by atoms with Crippen molar-refractivity contribution in [2.45, 2.75) is 39.2 Å². The number of ether oxygens (including phenoxy) is 1. The fourth-order valence-corrected chi connectivity index (χ4v) is 1.12. The predicted molar refractivity (Wildman–Crippen MR) is 54.9 cm³/mol. The lowest BCUT2D eigenvalue weighted by Gasteiger charge is -2.27. The van der Waals surface area contributed by atoms with Crippen LogP contribution in [-0.4, -0.2) is 37.0 Å². The van der Waals surface area contributed by atoms with E-state index < -0.39 is 0 Å². The van der Waals surface area contributed by atoms with E-state index in [1.165, 1.54) is 0 Å². The second kappa shape index (κ2) is 7.30. The van der Waals surface area contributed by atoms with E-state index in [0.29, 0.717) is 6.61 Å². The molecule has 0 aliphatic carbocycles. The van der Waals surface area contributed by atoms with Crippen molar-refractivity contribution in [1.29, 1.82) is 0 Å². The van der Waals surface area contributed by atoms with Gasteiger partial charge in [-0.1, -0.05) is 20.3 Å². The summed E-state index contributed by atoms with van der Waals surface area (Å²) in [7, 11) is 0. The van der Waals surface area contributed by atoms with Crippen LogP contribution in [0.25, 0.3) is 0 Å². The van der Waals surface area contributed by atoms with Gasteiger partial charge in [0.1, 0.15) is 0 Å². The predicted octanol–water partition coefficient (Wildman–Crippen LogP) is 1.16. The van der Waals surface area contributed by atoms with Crippen molar-refractivity contribution in [3.05, 3.63) is 0 Å². The lowest BCUT2D eigenvalue weighted by atomic mass is 10.1. The van der Waals surface area contributed by atoms with Gasteiger partial charge in [-0.2, -0.15) is 0 Å². The number of hydrogen-bond donors (Lipinski definition) is 2. The van der Waals surface area contributed by atoms with Crippen molar-refractivity contribution >= 4 is 0 Å². The minimum absolute atomic E-state index is 0.118. The van der Waals surface area contributed by atoms with Gasteiger partial charge in [-0.3, -0.25) is 0 Å². The molecule has 80 valence electrons. The van der Waals surface area contributed by atoms with Crippen LogP contribution in [0.2, 0.25) is 0 Å². The van der Waals surface area contributed by atoms with Crippen LogP contribution >= 0.6 is 0 Å². The molecule has 0 bridgehead atoms. The Morgan fingerprint density at radius 1 is 1.38 bits per heavy atom. The summed E-state index contributed by atoms with van der Waals surface area (Å²) < 4.78 is 5.46. The summed E-state index contributed by atoms with van der Waals surface area (Å²) >= 11 is 0. The Morgan fingerprint density at radius 3 is 2.54 bits per heavy atom. The largest absolute Gasteiger partial charge is 0.394 e. The molecule has 0 aliphatic rings. The molecular formula is C10H23NO2. The van der Waals surface area contributed by atoms with Gasteiger partial charge in [0.25, 0.3) is 0 Å². The van der Waals surface area contributed by atoms with Gasteiger partial charge < -0.3 is 15.2 Å². The van der Waals surface area contributed by atoms with E-state index in [1.807, 2.05) is 13.8 Å². The van der Waals surface area contributed by atoms with Gasteiger partial charge in [0, 0.05) is 6.61 Å². The third-order valence-electron chi connectivity index (χ3n) is 2.02. The van der Waals surface area contributed by atoms with Crippen LogP contribution in [-0.2, 0) is 4.74 Å². The molecule has 0 fully saturated rings. The van der Waals surface area contributed by atoms with E-state index >= 15 is 0 Å². The molecule has 2 N–H and O–H groups in total. The first-order valence-corrected chi connectivity index (χ1v) is 5.12. The maximum Gasteiger partial charge on any atom is 0.0668 e. The van der Waals surface area contributed by atoms with Crippen LogP contribution in [0.15, 0.2) is 0 Å². The minimum Gasteiger partial charge on any atom is -0.394 e. The topological polar surface area (TPSA) is 41.5 Å². The van der Waals surface area contributed by atoms with E-state index in [9.17, 15) is 0 Å². The standard InChI is InChI=1S/C10H23NO2/c1-4-6-7-13-9-10(3,8-12)11-5-2/h11-12H,4-9H2,1-3H3. The van der Waals surface area contributed by atoms with Gasteiger partial charge in [-0.15, -0.1) is 0 Å². The highest BCUT2D eigenvalue weighted by atomic mass is 16.5. The average molecular weight is 189 g/mol. The zero-order chi connectivity index (χ0) is 10.2. The van der Waals surface area contributed by atoms with E-state index in [-0.39, 0.29) is 12.1 Å². The second-order valence-corrected chi connectivity index (χ2v) is 3.66. The van der Waals surface area contributed by atoms with Crippen molar-refractivity contribution in [2.24, 2.45) is 0 Å². The number of nitrogens with one attached hydrogen (secondary N) is 1. The van der Waals surface area contributed by atoms with Gasteiger partial charge in [-0.05, 0) is 19.9 Å². The molecule has 13 heavy (non-hydrogen) atoms. The molecule has 0 amide bonds. The Kier molecular flexibility index (Phi) is 7.23. The molecule has 1 unspecified atom stereocenters. The van der Waals surface area contributed by atoms with Crippen LogP contribution in [0.5, 0.6) is 0 Å². The van der Waals surface area contributed by atoms with Crippen molar-refractivity contribution < 1.29 is 9.84 Å². The second-order valence-electron chi connectivity index (χ2n) is 3.66. The Hall–Kier alpha value is -0.120. The molecule has 0 radical (unpaired) electrons. The summed E-state index contributed by atoms with van der Waals surface area (Å²) in [5, 5.41) is 12.3. The Balaban J connectivity index is 3.57. The van der Waals surface area contributed by atoms with Gasteiger partial charge >= 0.3 is 0 Å². The number of rotatable bonds is 8. The smallest absolute Gasteiger partial charge is 0.0668 e. The molecule has 3 nitrogen and oxygen atoms in total. The summed E-state index contributed by atoms with van der Waals surface area (Å²) in [5.41, 5.74) is -0.275. The summed E-state index contributed by atoms with van der Waals surface area (Å²) in [5.74, 6) is 0. The zero-order valence-corrected chi connectivity index (χ0v) is 9.10. The van der Waals surface area contributed by atoms with Crippen molar-refractivity contribution in [2.75, 3.05) is 26.4 Å². The van der Waals surface area contributed by atoms with Gasteiger partial charge in [0.2, 0.25) is 0 Å². The lowest BCUT2D eigenvalue weighted by Crippen LogP contribution is -2.49. The maximum absolute atomic E-state index is 9.13. The molecule has 0 aromatic rings. The van der Waals surface area contributed by atoms with Crippen LogP contribution in [0, 0.1) is 0 Å². The SMILES string of the molecule is CCCCOCC(C)(CO)NCC. The highest BCUT2D eigenvalue weighted by Crippen LogP contribution is 2.03. The number of likely N-dealkylation sites (N-methyl/N-ethyl adjacent to an activating group) is 1. The monoisotopic (exact) mass is 189 g/mol. The van der Waals surface area contributed by atoms with E-state index in [2.05, 4.69) is 12.2 Å². The van der Waals surface area contributed by atoms with E-state index in [0.717, 1.165) is 26.0 Å². The maximum atomic E-state index is 9.13. The molecule has 0 aliphatic heterocycles. The molecule has 0 aromatic carbocycles. The summed E-state index contributed by atoms with van der Waals surface area (Å²) in [4.78, 5) is 0. The van der Waals surface area contributed by atoms with Crippen LogP contribution in [0.4, 0.5) is 0 Å². The number of unbranched alkanes of at least 4 members (excludes halogenated alkanes) is 1. The number of aliphatic hydroxyl groups is 1. The van der Waals surface area contributed by atoms with E-state index in [1.54, 1.807) is 0 Å². The first-order chi connectivity index (χ1) is 6.18. The average Bonchev–Trinajstić information content (AvgIpc) is 2.13. The summed E-state index contributed by atoms with van der Waals surface area (Å²) in [6.45, 7) is 8.48. The third-order valence-corrected chi connectivity index (χ3v) is 2.02. The number of hydrogen-bond acceptors (Lipinski definition) is 3. The highest BCUT2D eigenvalue weighted by molar-refractivity contribution is 4.81. The third kappa shape index (κ3) is 6.02. The Bertz CT molecular complexity index is 119. The quantitative estimate of drug-likeness (QED) is 0.563. The summed E-state index contributed by atoms with van der Waals surface area (Å²) in [6, 6.07) is 0. The Morgan fingerprint density at radius 2 is 2.08 bits per heavy atom. The van der Waals surface area contributed by atoms with Crippen LogP contribution in [0.3, 0.4) is 0 Å². The van der Waals surface area contributed by atoms with Crippen LogP contribution in [0.1, 0.15) is 33.6 Å². The molecular weight excluding hydrogens is 166 g/mol. The highest BCUT2D eigenvalue weighted by Gasteiger charge is 2.21. The van der Waals surface area contributed by atoms with Crippen molar-refractivity contribution in [3.8, 4) is 0 Å². The fourth-order valence-electron chi connectivity index (χ4n) is 1.12. The first kappa shape index (κ1) is 12.9. The molecule has 1 atom stereocenters. The number of aliphatic hydroxyl groups excluding tert-OH is 1. The summed E-state index contributed by atoms with van der Waals surface area (Å²) in [6.07, 6.45) is 2.24. The normalized spacial score (nSPS) is 15.7. The molecule has 0 saturated carbocycles. The van der Waals surface area contributed by atoms with E-state index in [4.69, 9.17) is 9.84 Å². The molecule has 0 aromatic heterocycles. The molecule has 3 heteroatoms. The van der Waals surface area contributed by atoms with Gasteiger partial charge in [0.15, 0.2) is 0 Å².